The maximum atomic E-state index is 11.6. The Balaban J connectivity index is 2.78. The van der Waals surface area contributed by atoms with Crippen LogP contribution in [0, 0.1) is 17.0 Å². The zero-order valence-electron chi connectivity index (χ0n) is 11.7. The van der Waals surface area contributed by atoms with Crippen molar-refractivity contribution < 1.29 is 19.2 Å². The molecule has 0 spiro atoms. The maximum Gasteiger partial charge on any atom is 0.326 e. The number of likely N-dealkylation sites (N-methyl/N-ethyl adjacent to an activating group) is 1. The van der Waals surface area contributed by atoms with E-state index in [1.54, 1.807) is 27.0 Å². The number of benzene rings is 1. The van der Waals surface area contributed by atoms with Gasteiger partial charge in [0.05, 0.1) is 11.5 Å². The van der Waals surface area contributed by atoms with Crippen molar-refractivity contribution in [2.45, 2.75) is 19.9 Å². The standard InChI is InChI=1S/C13H18N2O5/c1-4-19-13(16)10(14-3)8-20-12-6-5-9(2)7-11(12)15(17)18/h5-7,10,14H,4,8H2,1-3H3. The molecule has 0 aliphatic rings. The van der Waals surface area contributed by atoms with Gasteiger partial charge < -0.3 is 14.8 Å². The third-order valence-corrected chi connectivity index (χ3v) is 2.64. The molecule has 7 heteroatoms. The molecule has 0 amide bonds. The lowest BCUT2D eigenvalue weighted by molar-refractivity contribution is -0.385. The number of nitrogens with one attached hydrogen (secondary N) is 1. The molecule has 0 saturated heterocycles. The van der Waals surface area contributed by atoms with E-state index in [0.29, 0.717) is 0 Å². The van der Waals surface area contributed by atoms with Gasteiger partial charge in [-0.2, -0.15) is 0 Å². The summed E-state index contributed by atoms with van der Waals surface area (Å²) in [6.45, 7) is 3.68. The number of aryl methyl sites for hydroxylation is 1. The van der Waals surface area contributed by atoms with E-state index in [9.17, 15) is 14.9 Å². The van der Waals surface area contributed by atoms with Crippen molar-refractivity contribution in [1.29, 1.82) is 0 Å². The van der Waals surface area contributed by atoms with E-state index in [2.05, 4.69) is 5.32 Å². The van der Waals surface area contributed by atoms with Gasteiger partial charge in [-0.3, -0.25) is 14.9 Å². The second kappa shape index (κ2) is 7.44. The van der Waals surface area contributed by atoms with E-state index in [1.165, 1.54) is 12.1 Å². The average molecular weight is 282 g/mol. The van der Waals surface area contributed by atoms with Crippen LogP contribution in [0.2, 0.25) is 0 Å². The summed E-state index contributed by atoms with van der Waals surface area (Å²) < 4.78 is 10.2. The highest BCUT2D eigenvalue weighted by Gasteiger charge is 2.21. The smallest absolute Gasteiger partial charge is 0.326 e. The van der Waals surface area contributed by atoms with Gasteiger partial charge >= 0.3 is 11.7 Å². The quantitative estimate of drug-likeness (QED) is 0.462. The van der Waals surface area contributed by atoms with Gasteiger partial charge in [0, 0.05) is 6.07 Å². The number of esters is 1. The second-order valence-electron chi connectivity index (χ2n) is 4.13. The van der Waals surface area contributed by atoms with Crippen LogP contribution in [0.3, 0.4) is 0 Å². The van der Waals surface area contributed by atoms with E-state index >= 15 is 0 Å². The Morgan fingerprint density at radius 2 is 2.20 bits per heavy atom. The number of nitro benzene ring substituents is 1. The Morgan fingerprint density at radius 1 is 1.50 bits per heavy atom. The molecule has 0 bridgehead atoms. The lowest BCUT2D eigenvalue weighted by atomic mass is 10.2. The van der Waals surface area contributed by atoms with Crippen LogP contribution in [0.4, 0.5) is 5.69 Å². The van der Waals surface area contributed by atoms with Crippen LogP contribution >= 0.6 is 0 Å². The predicted molar refractivity (Wildman–Crippen MR) is 72.8 cm³/mol. The summed E-state index contributed by atoms with van der Waals surface area (Å²) in [6.07, 6.45) is 0. The van der Waals surface area contributed by atoms with Crippen molar-refractivity contribution in [3.63, 3.8) is 0 Å². The van der Waals surface area contributed by atoms with E-state index in [-0.39, 0.29) is 24.7 Å². The third-order valence-electron chi connectivity index (χ3n) is 2.64. The molecule has 0 saturated carbocycles. The van der Waals surface area contributed by atoms with E-state index in [4.69, 9.17) is 9.47 Å². The highest BCUT2D eigenvalue weighted by molar-refractivity contribution is 5.76. The van der Waals surface area contributed by atoms with Crippen molar-refractivity contribution in [3.8, 4) is 5.75 Å². The Hall–Kier alpha value is -2.15. The molecule has 0 aromatic heterocycles. The molecule has 0 heterocycles. The van der Waals surface area contributed by atoms with Crippen molar-refractivity contribution in [2.75, 3.05) is 20.3 Å². The minimum Gasteiger partial charge on any atom is -0.485 e. The number of nitro groups is 1. The molecular weight excluding hydrogens is 264 g/mol. The fourth-order valence-electron chi connectivity index (χ4n) is 1.58. The third kappa shape index (κ3) is 4.20. The minimum absolute atomic E-state index is 0.0424. The summed E-state index contributed by atoms with van der Waals surface area (Å²) in [5.74, 6) is -0.324. The maximum absolute atomic E-state index is 11.6. The number of rotatable bonds is 7. The number of carbonyl (C=O) groups is 1. The predicted octanol–water partition coefficient (Wildman–Crippen LogP) is 1.43. The summed E-state index contributed by atoms with van der Waals surface area (Å²) >= 11 is 0. The Bertz CT molecular complexity index is 490. The van der Waals surface area contributed by atoms with Gasteiger partial charge in [0.2, 0.25) is 0 Å². The van der Waals surface area contributed by atoms with E-state index in [0.717, 1.165) is 5.56 Å². The molecule has 0 fully saturated rings. The summed E-state index contributed by atoms with van der Waals surface area (Å²) in [5.41, 5.74) is 0.642. The number of ether oxygens (including phenoxy) is 2. The van der Waals surface area contributed by atoms with E-state index in [1.807, 2.05) is 0 Å². The van der Waals surface area contributed by atoms with Gasteiger partial charge in [-0.15, -0.1) is 0 Å². The van der Waals surface area contributed by atoms with Crippen LogP contribution in [0.5, 0.6) is 5.75 Å². The first-order valence-electron chi connectivity index (χ1n) is 6.21. The van der Waals surface area contributed by atoms with Gasteiger partial charge in [0.15, 0.2) is 5.75 Å². The monoisotopic (exact) mass is 282 g/mol. The molecule has 1 N–H and O–H groups in total. The number of hydrogen-bond donors (Lipinski definition) is 1. The Labute approximate surface area is 117 Å². The number of carbonyl (C=O) groups excluding carboxylic acids is 1. The van der Waals surface area contributed by atoms with E-state index < -0.39 is 16.9 Å². The fourth-order valence-corrected chi connectivity index (χ4v) is 1.58. The Kier molecular flexibility index (Phi) is 5.92. The zero-order chi connectivity index (χ0) is 15.1. The SMILES string of the molecule is CCOC(=O)C(COc1ccc(C)cc1[N+](=O)[O-])NC. The first kappa shape index (κ1) is 15.9. The fraction of sp³-hybridized carbons (Fsp3) is 0.462. The second-order valence-corrected chi connectivity index (χ2v) is 4.13. The van der Waals surface area contributed by atoms with Gasteiger partial charge in [-0.05, 0) is 32.5 Å². The van der Waals surface area contributed by atoms with Crippen LogP contribution in [0.1, 0.15) is 12.5 Å². The van der Waals surface area contributed by atoms with Crippen LogP contribution in [0.25, 0.3) is 0 Å². The first-order chi connectivity index (χ1) is 9.49. The summed E-state index contributed by atoms with van der Waals surface area (Å²) in [5, 5.41) is 13.7. The minimum atomic E-state index is -0.671. The van der Waals surface area contributed by atoms with Gasteiger partial charge in [-0.1, -0.05) is 6.07 Å². The van der Waals surface area contributed by atoms with Crippen LogP contribution in [-0.2, 0) is 9.53 Å². The lowest BCUT2D eigenvalue weighted by Crippen LogP contribution is -2.40. The van der Waals surface area contributed by atoms with Crippen LogP contribution in [-0.4, -0.2) is 37.2 Å². The highest BCUT2D eigenvalue weighted by Crippen LogP contribution is 2.27. The number of hydrogen-bond acceptors (Lipinski definition) is 6. The van der Waals surface area contributed by atoms with Crippen LogP contribution in [0.15, 0.2) is 18.2 Å². The summed E-state index contributed by atoms with van der Waals surface area (Å²) in [7, 11) is 1.59. The molecular formula is C13H18N2O5. The molecule has 1 aromatic rings. The first-order valence-corrected chi connectivity index (χ1v) is 6.21. The van der Waals surface area contributed by atoms with Gasteiger partial charge in [-0.25, -0.2) is 0 Å². The molecule has 0 aliphatic carbocycles. The molecule has 20 heavy (non-hydrogen) atoms. The molecule has 110 valence electrons. The normalized spacial score (nSPS) is 11.8. The van der Waals surface area contributed by atoms with Gasteiger partial charge in [0.25, 0.3) is 0 Å². The lowest BCUT2D eigenvalue weighted by Gasteiger charge is -2.15. The molecule has 1 aromatic carbocycles. The average Bonchev–Trinajstić information content (AvgIpc) is 2.41. The molecule has 1 atom stereocenters. The summed E-state index contributed by atoms with van der Waals surface area (Å²) in [4.78, 5) is 22.0. The molecule has 1 unspecified atom stereocenters. The highest BCUT2D eigenvalue weighted by atomic mass is 16.6. The molecule has 0 aliphatic heterocycles. The van der Waals surface area contributed by atoms with Gasteiger partial charge in [0.1, 0.15) is 12.6 Å². The summed E-state index contributed by atoms with van der Waals surface area (Å²) in [6, 6.07) is 3.98. The topological polar surface area (TPSA) is 90.7 Å². The van der Waals surface area contributed by atoms with Crippen molar-refractivity contribution in [2.24, 2.45) is 0 Å². The van der Waals surface area contributed by atoms with Crippen molar-refractivity contribution >= 4 is 11.7 Å². The van der Waals surface area contributed by atoms with Crippen molar-refractivity contribution in [3.05, 3.63) is 33.9 Å². The van der Waals surface area contributed by atoms with Crippen molar-refractivity contribution in [1.82, 2.24) is 5.32 Å². The zero-order valence-corrected chi connectivity index (χ0v) is 11.7. The molecule has 0 radical (unpaired) electrons. The number of nitrogens with zero attached hydrogens (tertiary/aromatic N) is 1. The molecule has 1 rings (SSSR count). The largest absolute Gasteiger partial charge is 0.485 e. The van der Waals surface area contributed by atoms with Crippen LogP contribution < -0.4 is 10.1 Å². The molecule has 7 nitrogen and oxygen atoms in total. The Morgan fingerprint density at radius 3 is 2.75 bits per heavy atom.